The quantitative estimate of drug-likeness (QED) is 0.337. The van der Waals surface area contributed by atoms with E-state index in [1.165, 1.54) is 12.1 Å². The summed E-state index contributed by atoms with van der Waals surface area (Å²) < 4.78 is 29.3. The van der Waals surface area contributed by atoms with Crippen LogP contribution in [0.4, 0.5) is 14.5 Å². The number of anilines is 1. The zero-order valence-corrected chi connectivity index (χ0v) is 19.4. The molecule has 2 heterocycles. The van der Waals surface area contributed by atoms with E-state index < -0.39 is 11.6 Å². The molecule has 1 saturated heterocycles. The Morgan fingerprint density at radius 3 is 2.36 bits per heavy atom. The van der Waals surface area contributed by atoms with Crippen LogP contribution in [0.2, 0.25) is 0 Å². The third-order valence-electron chi connectivity index (χ3n) is 6.66. The van der Waals surface area contributed by atoms with E-state index >= 15 is 0 Å². The zero-order valence-electron chi connectivity index (χ0n) is 19.4. The Balaban J connectivity index is 1.24. The topological polar surface area (TPSA) is 28.5 Å². The highest BCUT2D eigenvalue weighted by Gasteiger charge is 2.20. The van der Waals surface area contributed by atoms with E-state index in [9.17, 15) is 13.6 Å². The molecule has 174 valence electrons. The summed E-state index contributed by atoms with van der Waals surface area (Å²) >= 11 is 0. The smallest absolute Gasteiger partial charge is 0.164 e. The normalized spacial score (nSPS) is 14.6. The molecule has 4 nitrogen and oxygen atoms in total. The number of halogens is 2. The number of rotatable bonds is 8. The minimum absolute atomic E-state index is 0.196. The summed E-state index contributed by atoms with van der Waals surface area (Å²) in [6.45, 7) is 6.03. The molecule has 0 N–H and O–H groups in total. The summed E-state index contributed by atoms with van der Waals surface area (Å²) in [5.74, 6) is -0.859. The molecule has 0 bridgehead atoms. The van der Waals surface area contributed by atoms with E-state index in [1.54, 1.807) is 0 Å². The number of benzene rings is 2. The van der Waals surface area contributed by atoms with Crippen molar-refractivity contribution in [3.05, 3.63) is 77.5 Å². The van der Waals surface area contributed by atoms with Crippen LogP contribution in [0.25, 0.3) is 11.3 Å². The molecule has 6 heteroatoms. The number of aromatic nitrogens is 1. The number of ketones is 1. The van der Waals surface area contributed by atoms with Crippen LogP contribution >= 0.6 is 0 Å². The second kappa shape index (κ2) is 10.3. The molecule has 1 fully saturated rings. The molecule has 0 spiro atoms. The number of Topliss-reactive ketones (excluding diaryl/α,β-unsaturated/α-hetero) is 1. The number of carbonyl (C=O) groups excluding carboxylic acids is 1. The fourth-order valence-electron chi connectivity index (χ4n) is 4.57. The molecule has 0 amide bonds. The third-order valence-corrected chi connectivity index (χ3v) is 6.66. The van der Waals surface area contributed by atoms with Gasteiger partial charge in [0.15, 0.2) is 5.78 Å². The number of hydrogen-bond acceptors (Lipinski definition) is 3. The molecule has 2 aromatic carbocycles. The van der Waals surface area contributed by atoms with Crippen molar-refractivity contribution in [1.29, 1.82) is 0 Å². The van der Waals surface area contributed by atoms with Crippen molar-refractivity contribution in [3.8, 4) is 11.3 Å². The molecule has 33 heavy (non-hydrogen) atoms. The molecule has 4 rings (SSSR count). The van der Waals surface area contributed by atoms with E-state index in [-0.39, 0.29) is 5.78 Å². The maximum Gasteiger partial charge on any atom is 0.164 e. The number of carbonyl (C=O) groups is 1. The predicted octanol–water partition coefficient (Wildman–Crippen LogP) is 5.45. The van der Waals surface area contributed by atoms with Crippen molar-refractivity contribution >= 4 is 11.5 Å². The monoisotopic (exact) mass is 451 g/mol. The van der Waals surface area contributed by atoms with Crippen LogP contribution in [-0.2, 0) is 7.05 Å². The minimum atomic E-state index is -0.550. The van der Waals surface area contributed by atoms with Gasteiger partial charge in [-0.1, -0.05) is 30.3 Å². The maximum atomic E-state index is 14.0. The number of unbranched alkanes of at least 4 members (excludes halogenated alkanes) is 1. The van der Waals surface area contributed by atoms with Crippen molar-refractivity contribution in [1.82, 2.24) is 9.47 Å². The average molecular weight is 452 g/mol. The SMILES string of the molecule is Cc1c(C(=O)CCCCN2CCN(c3ccc(F)cc3F)CC2)cc(-c2ccccc2)n1C. The van der Waals surface area contributed by atoms with Gasteiger partial charge in [-0.3, -0.25) is 9.69 Å². The minimum Gasteiger partial charge on any atom is -0.367 e. The van der Waals surface area contributed by atoms with Crippen LogP contribution in [0.15, 0.2) is 54.6 Å². The lowest BCUT2D eigenvalue weighted by Gasteiger charge is -2.36. The van der Waals surface area contributed by atoms with Crippen LogP contribution in [0, 0.1) is 18.6 Å². The fraction of sp³-hybridized carbons (Fsp3) is 0.370. The first-order chi connectivity index (χ1) is 15.9. The van der Waals surface area contributed by atoms with Crippen LogP contribution in [0.3, 0.4) is 0 Å². The van der Waals surface area contributed by atoms with Crippen molar-refractivity contribution < 1.29 is 13.6 Å². The second-order valence-electron chi connectivity index (χ2n) is 8.76. The summed E-state index contributed by atoms with van der Waals surface area (Å²) in [4.78, 5) is 17.2. The lowest BCUT2D eigenvalue weighted by atomic mass is 10.0. The van der Waals surface area contributed by atoms with Crippen molar-refractivity contribution in [3.63, 3.8) is 0 Å². The molecule has 0 atom stereocenters. The largest absolute Gasteiger partial charge is 0.367 e. The van der Waals surface area contributed by atoms with Gasteiger partial charge in [0.25, 0.3) is 0 Å². The maximum absolute atomic E-state index is 14.0. The Labute approximate surface area is 194 Å². The first-order valence-corrected chi connectivity index (χ1v) is 11.6. The van der Waals surface area contributed by atoms with Crippen LogP contribution in [0.5, 0.6) is 0 Å². The molecule has 1 aliphatic heterocycles. The second-order valence-corrected chi connectivity index (χ2v) is 8.76. The molecule has 0 unspecified atom stereocenters. The van der Waals surface area contributed by atoms with Crippen molar-refractivity contribution in [2.45, 2.75) is 26.2 Å². The molecule has 1 aliphatic rings. The van der Waals surface area contributed by atoms with Gasteiger partial charge < -0.3 is 9.47 Å². The van der Waals surface area contributed by atoms with Gasteiger partial charge in [0.1, 0.15) is 11.6 Å². The zero-order chi connectivity index (χ0) is 23.4. The van der Waals surface area contributed by atoms with Gasteiger partial charge in [-0.05, 0) is 50.1 Å². The highest BCUT2D eigenvalue weighted by Crippen LogP contribution is 2.26. The van der Waals surface area contributed by atoms with Gasteiger partial charge >= 0.3 is 0 Å². The van der Waals surface area contributed by atoms with E-state index in [0.29, 0.717) is 25.2 Å². The number of piperazine rings is 1. The van der Waals surface area contributed by atoms with Crippen molar-refractivity contribution in [2.24, 2.45) is 7.05 Å². The Bertz CT molecular complexity index is 1100. The number of nitrogens with zero attached hydrogens (tertiary/aromatic N) is 3. The summed E-state index contributed by atoms with van der Waals surface area (Å²) in [7, 11) is 2.01. The van der Waals surface area contributed by atoms with Gasteiger partial charge in [0, 0.05) is 62.7 Å². The Morgan fingerprint density at radius 2 is 1.67 bits per heavy atom. The van der Waals surface area contributed by atoms with E-state index in [1.807, 2.05) is 43.1 Å². The van der Waals surface area contributed by atoms with E-state index in [4.69, 9.17) is 0 Å². The van der Waals surface area contributed by atoms with Crippen LogP contribution < -0.4 is 4.90 Å². The predicted molar refractivity (Wildman–Crippen MR) is 129 cm³/mol. The summed E-state index contributed by atoms with van der Waals surface area (Å²) in [5.41, 5.74) is 4.46. The molecule has 3 aromatic rings. The lowest BCUT2D eigenvalue weighted by molar-refractivity contribution is 0.0977. The average Bonchev–Trinajstić information content (AvgIpc) is 3.12. The molecular formula is C27H31F2N3O. The fourth-order valence-corrected chi connectivity index (χ4v) is 4.57. The van der Waals surface area contributed by atoms with E-state index in [2.05, 4.69) is 21.6 Å². The van der Waals surface area contributed by atoms with Gasteiger partial charge in [0.05, 0.1) is 5.69 Å². The summed E-state index contributed by atoms with van der Waals surface area (Å²) in [5, 5.41) is 0. The molecular weight excluding hydrogens is 420 g/mol. The highest BCUT2D eigenvalue weighted by atomic mass is 19.1. The Hall–Kier alpha value is -2.99. The Kier molecular flexibility index (Phi) is 7.23. The standard InChI is InChI=1S/C27H31F2N3O/c1-20-23(19-26(30(20)2)21-8-4-3-5-9-21)27(33)10-6-7-13-31-14-16-32(17-15-31)25-12-11-22(28)18-24(25)29/h3-5,8-9,11-12,18-19H,6-7,10,13-17H2,1-2H3. The van der Waals surface area contributed by atoms with Crippen molar-refractivity contribution in [2.75, 3.05) is 37.6 Å². The highest BCUT2D eigenvalue weighted by molar-refractivity contribution is 5.98. The molecule has 0 aliphatic carbocycles. The molecule has 0 saturated carbocycles. The number of hydrogen-bond donors (Lipinski definition) is 0. The summed E-state index contributed by atoms with van der Waals surface area (Å²) in [6.07, 6.45) is 2.34. The van der Waals surface area contributed by atoms with Gasteiger partial charge in [-0.25, -0.2) is 8.78 Å². The van der Waals surface area contributed by atoms with E-state index in [0.717, 1.165) is 61.1 Å². The molecule has 0 radical (unpaired) electrons. The Morgan fingerprint density at radius 1 is 0.939 bits per heavy atom. The summed E-state index contributed by atoms with van der Waals surface area (Å²) in [6, 6.07) is 15.9. The first kappa shape index (κ1) is 23.2. The first-order valence-electron chi connectivity index (χ1n) is 11.6. The lowest BCUT2D eigenvalue weighted by Crippen LogP contribution is -2.46. The third kappa shape index (κ3) is 5.33. The van der Waals surface area contributed by atoms with Crippen LogP contribution in [-0.4, -0.2) is 48.0 Å². The van der Waals surface area contributed by atoms with Gasteiger partial charge in [0.2, 0.25) is 0 Å². The van der Waals surface area contributed by atoms with Crippen LogP contribution in [0.1, 0.15) is 35.3 Å². The molecule has 1 aromatic heterocycles. The van der Waals surface area contributed by atoms with Gasteiger partial charge in [-0.2, -0.15) is 0 Å². The van der Waals surface area contributed by atoms with Gasteiger partial charge in [-0.15, -0.1) is 0 Å².